The minimum absolute atomic E-state index is 0.160. The number of nitrogen functional groups attached to an aromatic ring is 1. The summed E-state index contributed by atoms with van der Waals surface area (Å²) in [5.41, 5.74) is 8.20. The van der Waals surface area contributed by atoms with Crippen molar-refractivity contribution in [2.45, 2.75) is 0 Å². The molecule has 0 bridgehead atoms. The Labute approximate surface area is 147 Å². The van der Waals surface area contributed by atoms with Gasteiger partial charge in [-0.3, -0.25) is 9.89 Å². The third kappa shape index (κ3) is 3.07. The lowest BCUT2D eigenvalue weighted by atomic mass is 9.99. The van der Waals surface area contributed by atoms with E-state index in [1.165, 1.54) is 0 Å². The van der Waals surface area contributed by atoms with Crippen LogP contribution < -0.4 is 10.5 Å². The fourth-order valence-electron chi connectivity index (χ4n) is 2.34. The van der Waals surface area contributed by atoms with Crippen LogP contribution in [0.5, 0.6) is 5.75 Å². The smallest absolute Gasteiger partial charge is 0.199 e. The molecule has 6 heteroatoms. The van der Waals surface area contributed by atoms with Crippen LogP contribution in [-0.4, -0.2) is 23.1 Å². The number of nitrogens with one attached hydrogen (secondary N) is 1. The first-order valence-electron chi connectivity index (χ1n) is 6.88. The van der Waals surface area contributed by atoms with E-state index in [0.29, 0.717) is 22.6 Å². The monoisotopic (exact) mass is 419 g/mol. The molecular weight excluding hydrogens is 405 g/mol. The molecule has 0 saturated carbocycles. The topological polar surface area (TPSA) is 81.0 Å². The van der Waals surface area contributed by atoms with E-state index in [-0.39, 0.29) is 11.6 Å². The summed E-state index contributed by atoms with van der Waals surface area (Å²) in [6.45, 7) is 0. The quantitative estimate of drug-likeness (QED) is 0.501. The fourth-order valence-corrected chi connectivity index (χ4v) is 2.88. The lowest BCUT2D eigenvalue weighted by molar-refractivity contribution is 0.104. The van der Waals surface area contributed by atoms with Gasteiger partial charge in [-0.15, -0.1) is 0 Å². The number of anilines is 1. The third-order valence-electron chi connectivity index (χ3n) is 3.45. The van der Waals surface area contributed by atoms with Crippen LogP contribution in [-0.2, 0) is 0 Å². The summed E-state index contributed by atoms with van der Waals surface area (Å²) in [5.74, 6) is 0.788. The highest BCUT2D eigenvalue weighted by Gasteiger charge is 2.22. The average Bonchev–Trinajstić information content (AvgIpc) is 2.96. The zero-order valence-electron chi connectivity index (χ0n) is 12.3. The lowest BCUT2D eigenvalue weighted by Crippen LogP contribution is -2.05. The fraction of sp³-hybridized carbons (Fsp3) is 0.0588. The molecule has 0 fully saturated rings. The van der Waals surface area contributed by atoms with Crippen molar-refractivity contribution in [1.29, 1.82) is 0 Å². The Hall–Kier alpha value is -2.35. The number of aromatic nitrogens is 2. The van der Waals surface area contributed by atoms with E-state index in [1.54, 1.807) is 13.2 Å². The van der Waals surface area contributed by atoms with Crippen molar-refractivity contribution in [2.75, 3.05) is 12.8 Å². The van der Waals surface area contributed by atoms with Crippen molar-refractivity contribution in [3.63, 3.8) is 0 Å². The van der Waals surface area contributed by atoms with E-state index >= 15 is 0 Å². The molecule has 3 N–H and O–H groups in total. The largest absolute Gasteiger partial charge is 0.497 e. The maximum Gasteiger partial charge on any atom is 0.199 e. The maximum absolute atomic E-state index is 12.9. The Balaban J connectivity index is 2.10. The van der Waals surface area contributed by atoms with Crippen LogP contribution in [0.3, 0.4) is 0 Å². The summed E-state index contributed by atoms with van der Waals surface area (Å²) in [4.78, 5) is 12.9. The predicted molar refractivity (Wildman–Crippen MR) is 97.6 cm³/mol. The van der Waals surface area contributed by atoms with Gasteiger partial charge in [0.05, 0.1) is 12.7 Å². The van der Waals surface area contributed by atoms with E-state index in [0.717, 1.165) is 9.13 Å². The second-order valence-corrected chi connectivity index (χ2v) is 6.18. The van der Waals surface area contributed by atoms with Crippen molar-refractivity contribution in [2.24, 2.45) is 0 Å². The first-order chi connectivity index (χ1) is 11.1. The maximum atomic E-state index is 12.9. The molecule has 0 amide bonds. The van der Waals surface area contributed by atoms with Crippen molar-refractivity contribution in [3.8, 4) is 17.0 Å². The number of rotatable bonds is 4. The number of methoxy groups -OCH3 is 1. The summed E-state index contributed by atoms with van der Waals surface area (Å²) in [5, 5.41) is 6.90. The van der Waals surface area contributed by atoms with Crippen LogP contribution in [0.2, 0.25) is 0 Å². The number of nitrogens with two attached hydrogens (primary N) is 1. The molecule has 0 aliphatic heterocycles. The number of ketones is 1. The Bertz CT molecular complexity index is 874. The van der Waals surface area contributed by atoms with E-state index in [9.17, 15) is 4.79 Å². The van der Waals surface area contributed by atoms with Gasteiger partial charge < -0.3 is 10.5 Å². The minimum atomic E-state index is -0.160. The second kappa shape index (κ2) is 6.41. The van der Waals surface area contributed by atoms with Gasteiger partial charge in [-0.1, -0.05) is 24.3 Å². The van der Waals surface area contributed by atoms with E-state index in [4.69, 9.17) is 10.5 Å². The first kappa shape index (κ1) is 15.5. The van der Waals surface area contributed by atoms with Crippen LogP contribution in [0.25, 0.3) is 11.3 Å². The molecule has 5 nitrogen and oxygen atoms in total. The Morgan fingerprint density at radius 2 is 2.00 bits per heavy atom. The van der Waals surface area contributed by atoms with Crippen LogP contribution in [0.1, 0.15) is 15.9 Å². The van der Waals surface area contributed by atoms with Gasteiger partial charge in [-0.25, -0.2) is 0 Å². The van der Waals surface area contributed by atoms with Gasteiger partial charge >= 0.3 is 0 Å². The molecular formula is C17H14IN3O2. The van der Waals surface area contributed by atoms with Crippen molar-refractivity contribution in [1.82, 2.24) is 10.2 Å². The number of nitrogens with zero attached hydrogens (tertiary/aromatic N) is 1. The van der Waals surface area contributed by atoms with Gasteiger partial charge in [0.25, 0.3) is 0 Å². The number of H-pyrrole nitrogens is 1. The number of carbonyl (C=O) groups excluding carboxylic acids is 1. The predicted octanol–water partition coefficient (Wildman–Crippen LogP) is 3.50. The number of ether oxygens (including phenoxy) is 1. The molecule has 0 saturated heterocycles. The number of halogens is 1. The number of benzene rings is 2. The summed E-state index contributed by atoms with van der Waals surface area (Å²) in [7, 11) is 1.59. The SMILES string of the molecule is COc1cccc(-c2n[nH]c(N)c2C(=O)c2cccc(I)c2)c1. The van der Waals surface area contributed by atoms with Gasteiger partial charge in [0.2, 0.25) is 0 Å². The van der Waals surface area contributed by atoms with E-state index in [2.05, 4.69) is 32.8 Å². The highest BCUT2D eigenvalue weighted by Crippen LogP contribution is 2.30. The number of carbonyl (C=O) groups is 1. The Morgan fingerprint density at radius 1 is 1.22 bits per heavy atom. The molecule has 1 heterocycles. The molecule has 0 aliphatic rings. The van der Waals surface area contributed by atoms with Crippen molar-refractivity contribution in [3.05, 3.63) is 63.2 Å². The van der Waals surface area contributed by atoms with Crippen LogP contribution in [0.4, 0.5) is 5.82 Å². The molecule has 3 aromatic rings. The molecule has 0 unspecified atom stereocenters. The standard InChI is InChI=1S/C17H14IN3O2/c1-23-13-7-3-4-10(9-13)15-14(17(19)21-20-15)16(22)11-5-2-6-12(18)8-11/h2-9H,1H3,(H3,19,20,21). The second-order valence-electron chi connectivity index (χ2n) is 4.93. The zero-order valence-corrected chi connectivity index (χ0v) is 14.5. The minimum Gasteiger partial charge on any atom is -0.497 e. The van der Waals surface area contributed by atoms with Gasteiger partial charge in [0.15, 0.2) is 5.78 Å². The van der Waals surface area contributed by atoms with E-state index in [1.807, 2.05) is 42.5 Å². The van der Waals surface area contributed by atoms with Crippen molar-refractivity contribution >= 4 is 34.2 Å². The zero-order chi connectivity index (χ0) is 16.4. The number of hydrogen-bond acceptors (Lipinski definition) is 4. The van der Waals surface area contributed by atoms with Gasteiger partial charge in [-0.2, -0.15) is 5.10 Å². The molecule has 0 radical (unpaired) electrons. The molecule has 2 aromatic carbocycles. The molecule has 0 aliphatic carbocycles. The summed E-state index contributed by atoms with van der Waals surface area (Å²) < 4.78 is 6.21. The molecule has 0 atom stereocenters. The molecule has 23 heavy (non-hydrogen) atoms. The summed E-state index contributed by atoms with van der Waals surface area (Å²) >= 11 is 2.17. The Kier molecular flexibility index (Phi) is 4.33. The van der Waals surface area contributed by atoms with Crippen LogP contribution in [0.15, 0.2) is 48.5 Å². The molecule has 3 rings (SSSR count). The average molecular weight is 419 g/mol. The molecule has 116 valence electrons. The van der Waals surface area contributed by atoms with Crippen LogP contribution >= 0.6 is 22.6 Å². The highest BCUT2D eigenvalue weighted by molar-refractivity contribution is 14.1. The van der Waals surface area contributed by atoms with Crippen molar-refractivity contribution < 1.29 is 9.53 Å². The summed E-state index contributed by atoms with van der Waals surface area (Å²) in [6, 6.07) is 14.7. The summed E-state index contributed by atoms with van der Waals surface area (Å²) in [6.07, 6.45) is 0. The van der Waals surface area contributed by atoms with E-state index < -0.39 is 0 Å². The first-order valence-corrected chi connectivity index (χ1v) is 7.96. The lowest BCUT2D eigenvalue weighted by Gasteiger charge is -2.06. The normalized spacial score (nSPS) is 10.5. The number of hydrogen-bond donors (Lipinski definition) is 2. The van der Waals surface area contributed by atoms with Gasteiger partial charge in [-0.05, 0) is 46.9 Å². The van der Waals surface area contributed by atoms with Gasteiger partial charge in [0, 0.05) is 14.7 Å². The molecule has 1 aromatic heterocycles. The van der Waals surface area contributed by atoms with Gasteiger partial charge in [0.1, 0.15) is 17.3 Å². The highest BCUT2D eigenvalue weighted by atomic mass is 127. The third-order valence-corrected chi connectivity index (χ3v) is 4.12. The Morgan fingerprint density at radius 3 is 2.74 bits per heavy atom. The van der Waals surface area contributed by atoms with Crippen LogP contribution in [0, 0.1) is 3.57 Å². The number of aromatic amines is 1. The molecule has 0 spiro atoms.